The number of likely N-dealkylation sites (tertiary alicyclic amines) is 1. The van der Waals surface area contributed by atoms with Crippen molar-refractivity contribution in [3.63, 3.8) is 0 Å². The Labute approximate surface area is 141 Å². The first kappa shape index (κ1) is 17.7. The average molecular weight is 333 g/mol. The Hall–Kier alpha value is -2.64. The number of nitrogens with zero attached hydrogens (tertiary/aromatic N) is 3. The summed E-state index contributed by atoms with van der Waals surface area (Å²) in [6, 6.07) is 5.37. The van der Waals surface area contributed by atoms with Gasteiger partial charge in [-0.1, -0.05) is 6.07 Å². The van der Waals surface area contributed by atoms with E-state index < -0.39 is 11.7 Å². The Bertz CT molecular complexity index is 660. The lowest BCUT2D eigenvalue weighted by Crippen LogP contribution is -2.56. The topological polar surface area (TPSA) is 110 Å². The minimum atomic E-state index is -0.552. The molecule has 2 rings (SSSR count). The summed E-state index contributed by atoms with van der Waals surface area (Å²) in [7, 11) is 0. The standard InChI is InChI=1S/C16H23N5O3/c1-10-6-5-7-12(18-10)13(17)19-20-14(22)11-8-21(9-11)15(23)24-16(2,3)4/h5-7,11H,8-9H2,1-4H3,(H2,17,19)(H,20,22). The number of carbonyl (C=O) groups is 2. The van der Waals surface area contributed by atoms with E-state index in [1.165, 1.54) is 4.90 Å². The van der Waals surface area contributed by atoms with Crippen LogP contribution in [0.4, 0.5) is 4.79 Å². The lowest BCUT2D eigenvalue weighted by molar-refractivity contribution is -0.129. The Balaban J connectivity index is 1.83. The number of carbonyl (C=O) groups excluding carboxylic acids is 2. The van der Waals surface area contributed by atoms with Gasteiger partial charge in [0.1, 0.15) is 11.3 Å². The minimum absolute atomic E-state index is 0.135. The molecule has 0 unspecified atom stereocenters. The van der Waals surface area contributed by atoms with Crippen LogP contribution in [0.25, 0.3) is 0 Å². The van der Waals surface area contributed by atoms with Gasteiger partial charge >= 0.3 is 6.09 Å². The first-order valence-electron chi connectivity index (χ1n) is 7.70. The number of nitrogens with one attached hydrogen (secondary N) is 1. The van der Waals surface area contributed by atoms with E-state index in [9.17, 15) is 9.59 Å². The molecule has 1 aromatic heterocycles. The molecule has 24 heavy (non-hydrogen) atoms. The number of rotatable bonds is 3. The number of aryl methyl sites for hydroxylation is 1. The van der Waals surface area contributed by atoms with Crippen LogP contribution >= 0.6 is 0 Å². The highest BCUT2D eigenvalue weighted by Gasteiger charge is 2.37. The summed E-state index contributed by atoms with van der Waals surface area (Å²) in [5.41, 5.74) is 8.98. The predicted octanol–water partition coefficient (Wildman–Crippen LogP) is 0.993. The van der Waals surface area contributed by atoms with Crippen molar-refractivity contribution in [2.75, 3.05) is 13.1 Å². The molecule has 0 bridgehead atoms. The van der Waals surface area contributed by atoms with Gasteiger partial charge in [-0.3, -0.25) is 4.79 Å². The molecule has 0 saturated carbocycles. The van der Waals surface area contributed by atoms with Crippen LogP contribution in [0.15, 0.2) is 23.3 Å². The molecule has 2 amide bonds. The molecule has 130 valence electrons. The van der Waals surface area contributed by atoms with Gasteiger partial charge in [-0.15, -0.1) is 0 Å². The highest BCUT2D eigenvalue weighted by molar-refractivity contribution is 5.96. The number of hydrogen-bond acceptors (Lipinski definition) is 5. The van der Waals surface area contributed by atoms with Crippen LogP contribution in [0.5, 0.6) is 0 Å². The monoisotopic (exact) mass is 333 g/mol. The fraction of sp³-hybridized carbons (Fsp3) is 0.500. The minimum Gasteiger partial charge on any atom is -0.444 e. The molecule has 0 spiro atoms. The molecule has 1 saturated heterocycles. The van der Waals surface area contributed by atoms with Crippen LogP contribution < -0.4 is 11.2 Å². The number of ether oxygens (including phenoxy) is 1. The van der Waals surface area contributed by atoms with Crippen LogP contribution in [-0.2, 0) is 9.53 Å². The van der Waals surface area contributed by atoms with Gasteiger partial charge in [0, 0.05) is 18.8 Å². The number of pyridine rings is 1. The highest BCUT2D eigenvalue weighted by atomic mass is 16.6. The first-order valence-corrected chi connectivity index (χ1v) is 7.70. The number of hydrazone groups is 1. The summed E-state index contributed by atoms with van der Waals surface area (Å²) >= 11 is 0. The maximum atomic E-state index is 12.0. The van der Waals surface area contributed by atoms with Gasteiger partial charge in [-0.2, -0.15) is 5.10 Å². The maximum absolute atomic E-state index is 12.0. The Morgan fingerprint density at radius 1 is 1.38 bits per heavy atom. The van der Waals surface area contributed by atoms with Crippen LogP contribution in [0.3, 0.4) is 0 Å². The smallest absolute Gasteiger partial charge is 0.410 e. The van der Waals surface area contributed by atoms with Gasteiger partial charge in [-0.05, 0) is 39.8 Å². The molecule has 2 heterocycles. The van der Waals surface area contributed by atoms with E-state index in [1.807, 2.05) is 19.1 Å². The van der Waals surface area contributed by atoms with E-state index in [-0.39, 0.29) is 17.7 Å². The first-order chi connectivity index (χ1) is 11.2. The zero-order chi connectivity index (χ0) is 17.9. The van der Waals surface area contributed by atoms with E-state index in [4.69, 9.17) is 10.5 Å². The van der Waals surface area contributed by atoms with Crippen LogP contribution in [0.2, 0.25) is 0 Å². The van der Waals surface area contributed by atoms with E-state index in [1.54, 1.807) is 26.8 Å². The van der Waals surface area contributed by atoms with Crippen molar-refractivity contribution in [1.29, 1.82) is 0 Å². The van der Waals surface area contributed by atoms with Gasteiger partial charge in [0.25, 0.3) is 0 Å². The van der Waals surface area contributed by atoms with Gasteiger partial charge in [0.15, 0.2) is 5.84 Å². The number of aromatic nitrogens is 1. The molecule has 3 N–H and O–H groups in total. The van der Waals surface area contributed by atoms with Crippen molar-refractivity contribution in [2.45, 2.75) is 33.3 Å². The third kappa shape index (κ3) is 4.68. The number of nitrogens with two attached hydrogens (primary N) is 1. The zero-order valence-electron chi connectivity index (χ0n) is 14.4. The van der Waals surface area contributed by atoms with E-state index >= 15 is 0 Å². The fourth-order valence-electron chi connectivity index (χ4n) is 2.07. The quantitative estimate of drug-likeness (QED) is 0.487. The summed E-state index contributed by atoms with van der Waals surface area (Å²) in [4.78, 5) is 29.5. The summed E-state index contributed by atoms with van der Waals surface area (Å²) in [5.74, 6) is -0.472. The predicted molar refractivity (Wildman–Crippen MR) is 89.1 cm³/mol. The van der Waals surface area contributed by atoms with Crippen LogP contribution in [0, 0.1) is 12.8 Å². The molecule has 8 nitrogen and oxygen atoms in total. The Morgan fingerprint density at radius 3 is 2.62 bits per heavy atom. The molecular weight excluding hydrogens is 310 g/mol. The lowest BCUT2D eigenvalue weighted by Gasteiger charge is -2.38. The van der Waals surface area contributed by atoms with Gasteiger partial charge in [-0.25, -0.2) is 15.2 Å². The summed E-state index contributed by atoms with van der Waals surface area (Å²) in [6.45, 7) is 7.84. The van der Waals surface area contributed by atoms with Crippen LogP contribution in [0.1, 0.15) is 32.2 Å². The van der Waals surface area contributed by atoms with Crippen LogP contribution in [-0.4, -0.2) is 46.4 Å². The van der Waals surface area contributed by atoms with Gasteiger partial charge < -0.3 is 15.4 Å². The van der Waals surface area contributed by atoms with E-state index in [2.05, 4.69) is 15.5 Å². The molecule has 1 aliphatic rings. The maximum Gasteiger partial charge on any atom is 0.410 e. The number of amides is 2. The van der Waals surface area contributed by atoms with Crippen molar-refractivity contribution < 1.29 is 14.3 Å². The van der Waals surface area contributed by atoms with Crippen molar-refractivity contribution >= 4 is 17.8 Å². The lowest BCUT2D eigenvalue weighted by atomic mass is 10.0. The zero-order valence-corrected chi connectivity index (χ0v) is 14.4. The van der Waals surface area contributed by atoms with Crippen molar-refractivity contribution in [3.05, 3.63) is 29.6 Å². The Morgan fingerprint density at radius 2 is 2.04 bits per heavy atom. The molecule has 1 aliphatic heterocycles. The summed E-state index contributed by atoms with van der Waals surface area (Å²) in [6.07, 6.45) is -0.418. The third-order valence-corrected chi connectivity index (χ3v) is 3.34. The molecule has 1 aromatic rings. The van der Waals surface area contributed by atoms with Gasteiger partial charge in [0.2, 0.25) is 5.91 Å². The largest absolute Gasteiger partial charge is 0.444 e. The number of amidine groups is 1. The molecule has 0 aliphatic carbocycles. The third-order valence-electron chi connectivity index (χ3n) is 3.34. The van der Waals surface area contributed by atoms with E-state index in [0.717, 1.165) is 5.69 Å². The van der Waals surface area contributed by atoms with Gasteiger partial charge in [0.05, 0.1) is 5.92 Å². The number of hydrogen-bond donors (Lipinski definition) is 2. The second-order valence-corrected chi connectivity index (χ2v) is 6.72. The molecule has 8 heteroatoms. The second-order valence-electron chi connectivity index (χ2n) is 6.72. The fourth-order valence-corrected chi connectivity index (χ4v) is 2.07. The SMILES string of the molecule is Cc1cccc(C(N)=NNC(=O)C2CN(C(=O)OC(C)(C)C)C2)n1. The molecule has 0 radical (unpaired) electrons. The van der Waals surface area contributed by atoms with Crippen molar-refractivity contribution in [3.8, 4) is 0 Å². The normalized spacial score (nSPS) is 15.7. The molecular formula is C16H23N5O3. The molecule has 1 fully saturated rings. The van der Waals surface area contributed by atoms with Crippen molar-refractivity contribution in [1.82, 2.24) is 15.3 Å². The second kappa shape index (κ2) is 6.86. The van der Waals surface area contributed by atoms with E-state index in [0.29, 0.717) is 18.8 Å². The highest BCUT2D eigenvalue weighted by Crippen LogP contribution is 2.19. The molecule has 0 atom stereocenters. The summed E-state index contributed by atoms with van der Waals surface area (Å²) in [5, 5.41) is 3.87. The van der Waals surface area contributed by atoms with Crippen molar-refractivity contribution in [2.24, 2.45) is 16.8 Å². The Kier molecular flexibility index (Phi) is 5.06. The summed E-state index contributed by atoms with van der Waals surface area (Å²) < 4.78 is 5.24. The average Bonchev–Trinajstić information content (AvgIpc) is 2.41. The molecule has 0 aromatic carbocycles.